The fourth-order valence-corrected chi connectivity index (χ4v) is 4.66. The molecule has 0 bridgehead atoms. The Labute approximate surface area is 239 Å². The predicted octanol–water partition coefficient (Wildman–Crippen LogP) is 4.50. The molecule has 2 fully saturated rings. The first kappa shape index (κ1) is 28.3. The van der Waals surface area contributed by atoms with Gasteiger partial charge in [0.15, 0.2) is 5.01 Å². The van der Waals surface area contributed by atoms with Gasteiger partial charge in [-0.3, -0.25) is 25.1 Å². The number of carbonyl (C=O) groups is 1. The molecule has 3 aromatic heterocycles. The van der Waals surface area contributed by atoms with Gasteiger partial charge in [0.1, 0.15) is 11.4 Å². The maximum atomic E-state index is 13.6. The molecule has 5 rings (SSSR count). The predicted molar refractivity (Wildman–Crippen MR) is 151 cm³/mol. The van der Waals surface area contributed by atoms with Gasteiger partial charge in [0.05, 0.1) is 30.6 Å². The van der Waals surface area contributed by atoms with Gasteiger partial charge < -0.3 is 15.2 Å². The van der Waals surface area contributed by atoms with Crippen molar-refractivity contribution in [3.8, 4) is 28.7 Å². The summed E-state index contributed by atoms with van der Waals surface area (Å²) in [5.41, 5.74) is 6.95. The summed E-state index contributed by atoms with van der Waals surface area (Å²) >= 11 is 1.14. The van der Waals surface area contributed by atoms with Crippen LogP contribution >= 0.6 is 11.3 Å². The first-order chi connectivity index (χ1) is 19.9. The monoisotopic (exact) mass is 579 g/mol. The minimum atomic E-state index is -2.83. The lowest BCUT2D eigenvalue weighted by Gasteiger charge is -2.18. The van der Waals surface area contributed by atoms with Crippen molar-refractivity contribution < 1.29 is 23.0 Å². The summed E-state index contributed by atoms with van der Waals surface area (Å²) < 4.78 is 38.1. The van der Waals surface area contributed by atoms with E-state index in [0.717, 1.165) is 37.0 Å². The highest BCUT2D eigenvalue weighted by Crippen LogP contribution is 2.36. The Hall–Kier alpha value is -4.28. The summed E-state index contributed by atoms with van der Waals surface area (Å²) in [5, 5.41) is 11.5. The largest absolute Gasteiger partial charge is 0.494 e. The van der Waals surface area contributed by atoms with E-state index in [4.69, 9.17) is 15.2 Å². The third kappa shape index (κ3) is 7.08. The molecule has 0 radical (unpaired) electrons. The van der Waals surface area contributed by atoms with Gasteiger partial charge >= 0.3 is 0 Å². The number of pyridine rings is 2. The van der Waals surface area contributed by atoms with Crippen molar-refractivity contribution in [3.05, 3.63) is 52.7 Å². The van der Waals surface area contributed by atoms with Gasteiger partial charge in [0.25, 0.3) is 12.3 Å². The van der Waals surface area contributed by atoms with E-state index in [0.29, 0.717) is 35.4 Å². The van der Waals surface area contributed by atoms with Crippen molar-refractivity contribution in [2.24, 2.45) is 16.6 Å². The highest BCUT2D eigenvalue weighted by Gasteiger charge is 2.23. The van der Waals surface area contributed by atoms with Crippen LogP contribution in [0.5, 0.6) is 5.75 Å². The Balaban J connectivity index is 1.51. The molecule has 0 atom stereocenters. The molecule has 1 amide bonds. The van der Waals surface area contributed by atoms with E-state index in [1.807, 2.05) is 0 Å². The maximum absolute atomic E-state index is 13.6. The van der Waals surface area contributed by atoms with Crippen LogP contribution in [0.2, 0.25) is 0 Å². The Morgan fingerprint density at radius 3 is 2.71 bits per heavy atom. The molecule has 4 heterocycles. The van der Waals surface area contributed by atoms with E-state index in [1.165, 1.54) is 31.8 Å². The van der Waals surface area contributed by atoms with Gasteiger partial charge in [-0.25, -0.2) is 8.78 Å². The number of nitrogens with two attached hydrogens (primary N) is 1. The average molecular weight is 580 g/mol. The number of halogens is 2. The number of carbonyl (C=O) groups excluding carboxylic acids is 1. The Kier molecular flexibility index (Phi) is 8.91. The number of methoxy groups -OCH3 is 1. The Bertz CT molecular complexity index is 1540. The molecule has 212 valence electrons. The zero-order chi connectivity index (χ0) is 28.8. The smallest absolute Gasteiger partial charge is 0.280 e. The van der Waals surface area contributed by atoms with E-state index in [2.05, 4.69) is 42.3 Å². The van der Waals surface area contributed by atoms with Crippen LogP contribution in [0.25, 0.3) is 16.7 Å². The summed E-state index contributed by atoms with van der Waals surface area (Å²) in [6.45, 7) is 1.26. The van der Waals surface area contributed by atoms with Crippen molar-refractivity contribution in [1.29, 1.82) is 0 Å². The van der Waals surface area contributed by atoms with E-state index < -0.39 is 18.0 Å². The van der Waals surface area contributed by atoms with Crippen molar-refractivity contribution >= 4 is 34.2 Å². The summed E-state index contributed by atoms with van der Waals surface area (Å²) in [7, 11) is 1.39. The highest BCUT2D eigenvalue weighted by molar-refractivity contribution is 7.15. The second-order valence-electron chi connectivity index (χ2n) is 9.38. The number of aliphatic imine (C=N–C) groups is 1. The van der Waals surface area contributed by atoms with Crippen molar-refractivity contribution in [2.75, 3.05) is 25.6 Å². The molecule has 1 aliphatic heterocycles. The van der Waals surface area contributed by atoms with E-state index in [-0.39, 0.29) is 33.6 Å². The first-order valence-electron chi connectivity index (χ1n) is 13.0. The number of amides is 1. The summed E-state index contributed by atoms with van der Waals surface area (Å²) in [4.78, 5) is 26.3. The molecule has 1 aliphatic carbocycles. The molecular weight excluding hydrogens is 552 g/mol. The number of nitrogens with zero attached hydrogens (tertiary/aromatic N) is 5. The molecule has 2 aliphatic rings. The minimum Gasteiger partial charge on any atom is -0.494 e. The highest BCUT2D eigenvalue weighted by atomic mass is 32.1. The summed E-state index contributed by atoms with van der Waals surface area (Å²) in [5.74, 6) is 6.10. The zero-order valence-electron chi connectivity index (χ0n) is 22.1. The Morgan fingerprint density at radius 1 is 1.20 bits per heavy atom. The van der Waals surface area contributed by atoms with Crippen molar-refractivity contribution in [1.82, 2.24) is 20.2 Å². The van der Waals surface area contributed by atoms with Gasteiger partial charge in [-0.15, -0.1) is 10.2 Å². The number of allylic oxidation sites excluding steroid dienone is 1. The molecule has 0 unspecified atom stereocenters. The number of ether oxygens (including phenoxy) is 2. The van der Waals surface area contributed by atoms with Crippen LogP contribution in [0, 0.1) is 17.8 Å². The molecule has 10 nitrogen and oxygen atoms in total. The maximum Gasteiger partial charge on any atom is 0.280 e. The van der Waals surface area contributed by atoms with Crippen LogP contribution in [-0.2, 0) is 4.74 Å². The molecule has 41 heavy (non-hydrogen) atoms. The number of nitrogens with one attached hydrogen (secondary N) is 1. The number of aromatic nitrogens is 4. The third-order valence-corrected chi connectivity index (χ3v) is 7.22. The van der Waals surface area contributed by atoms with Crippen LogP contribution in [0.4, 0.5) is 13.9 Å². The minimum absolute atomic E-state index is 0.0860. The van der Waals surface area contributed by atoms with E-state index in [1.54, 1.807) is 12.3 Å². The average Bonchev–Trinajstić information content (AvgIpc) is 3.73. The molecule has 0 aromatic carbocycles. The quantitative estimate of drug-likeness (QED) is 0.294. The van der Waals surface area contributed by atoms with Crippen molar-refractivity contribution in [3.63, 3.8) is 0 Å². The topological polar surface area (TPSA) is 138 Å². The van der Waals surface area contributed by atoms with E-state index in [9.17, 15) is 13.6 Å². The fourth-order valence-electron chi connectivity index (χ4n) is 4.06. The van der Waals surface area contributed by atoms with Crippen LogP contribution < -0.4 is 15.8 Å². The number of anilines is 1. The van der Waals surface area contributed by atoms with E-state index >= 15 is 0 Å². The molecule has 1 saturated carbocycles. The van der Waals surface area contributed by atoms with Gasteiger partial charge in [-0.05, 0) is 43.7 Å². The SMILES string of the molecule is COc1cnc(C(F)F)cc1-c1cc(/C(C=NC2CCOCC2)=C/N)ncc1C(=O)Nc1nnc(C#CC2CC2)s1. The van der Waals surface area contributed by atoms with Crippen LogP contribution in [-0.4, -0.2) is 58.7 Å². The fraction of sp³-hybridized carbons (Fsp3) is 0.357. The molecule has 13 heteroatoms. The lowest BCUT2D eigenvalue weighted by Crippen LogP contribution is -2.18. The summed E-state index contributed by atoms with van der Waals surface area (Å²) in [6.07, 6.45) is 6.43. The lowest BCUT2D eigenvalue weighted by molar-refractivity contribution is 0.0872. The van der Waals surface area contributed by atoms with Crippen molar-refractivity contribution in [2.45, 2.75) is 38.2 Å². The van der Waals surface area contributed by atoms with Gasteiger partial charge in [-0.1, -0.05) is 17.3 Å². The molecule has 3 aromatic rings. The second kappa shape index (κ2) is 12.9. The number of rotatable bonds is 8. The molecule has 0 spiro atoms. The molecular formula is C28H27F2N7O3S. The number of alkyl halides is 2. The zero-order valence-corrected chi connectivity index (χ0v) is 23.0. The van der Waals surface area contributed by atoms with Gasteiger partial charge in [0.2, 0.25) is 5.13 Å². The summed E-state index contributed by atoms with van der Waals surface area (Å²) in [6, 6.07) is 2.86. The van der Waals surface area contributed by atoms with Crippen LogP contribution in [0.15, 0.2) is 35.7 Å². The lowest BCUT2D eigenvalue weighted by atomic mass is 9.98. The first-order valence-corrected chi connectivity index (χ1v) is 13.8. The third-order valence-electron chi connectivity index (χ3n) is 6.47. The Morgan fingerprint density at radius 2 is 2.00 bits per heavy atom. The van der Waals surface area contributed by atoms with Crippen LogP contribution in [0.1, 0.15) is 58.9 Å². The molecule has 3 N–H and O–H groups in total. The van der Waals surface area contributed by atoms with Gasteiger partial charge in [0, 0.05) is 54.4 Å². The normalized spacial score (nSPS) is 16.0. The number of hydrogen-bond acceptors (Lipinski definition) is 10. The standard InChI is InChI=1S/C28H27F2N7O3S/c1-39-24-15-34-23(26(29)30)11-20(24)19-10-22(17(12-31)13-32-18-6-8-40-9-7-18)33-14-21(19)27(38)35-28-37-36-25(41-28)5-4-16-2-3-16/h10-16,18,26H,2-3,6-9,31H2,1H3,(H,35,37,38)/b17-12+,32-13?. The molecule has 1 saturated heterocycles. The van der Waals surface area contributed by atoms with Gasteiger partial charge in [-0.2, -0.15) is 0 Å². The van der Waals surface area contributed by atoms with Crippen LogP contribution in [0.3, 0.4) is 0 Å². The second-order valence-corrected chi connectivity index (χ2v) is 10.4. The number of hydrogen-bond donors (Lipinski definition) is 2.